The van der Waals surface area contributed by atoms with E-state index in [4.69, 9.17) is 0 Å². The van der Waals surface area contributed by atoms with Gasteiger partial charge in [0.1, 0.15) is 0 Å². The second-order valence-corrected chi connectivity index (χ2v) is 13.5. The van der Waals surface area contributed by atoms with Crippen molar-refractivity contribution in [3.05, 3.63) is 45.1 Å². The zero-order valence-electron chi connectivity index (χ0n) is 32.2. The largest absolute Gasteiger partial charge is 0.0885 e. The highest BCUT2D eigenvalue weighted by molar-refractivity contribution is 4.82. The van der Waals surface area contributed by atoms with Crippen LogP contribution in [0.25, 0.3) is 0 Å². The van der Waals surface area contributed by atoms with Crippen molar-refractivity contribution in [2.24, 2.45) is 0 Å². The second kappa shape index (κ2) is 53.0. The standard InChI is InChI=1S/2C18H35.C9H19/c2*1-3-5-7-9-11-13-15-17-18-16-14-12-10-8-6-4-2;1-3-5-7-9-8-6-4-2/h2*17-18H,1,3-16H2,2H3;1,3-9H2,2H3/b2*18-17-;. The van der Waals surface area contributed by atoms with Gasteiger partial charge in [0.25, 0.3) is 0 Å². The molecule has 0 N–H and O–H groups in total. The molecule has 0 fully saturated rings. The zero-order valence-corrected chi connectivity index (χ0v) is 32.2. The molecule has 0 aromatic rings. The number of unbranched alkanes of at least 4 members (excludes halogenated alkanes) is 30. The quantitative estimate of drug-likeness (QED) is 0.0490. The third kappa shape index (κ3) is 59.4. The minimum Gasteiger partial charge on any atom is -0.0885 e. The molecule has 0 spiro atoms. The Kier molecular flexibility index (Phi) is 57.5. The van der Waals surface area contributed by atoms with Gasteiger partial charge in [0.15, 0.2) is 0 Å². The summed E-state index contributed by atoms with van der Waals surface area (Å²) in [4.78, 5) is 0. The molecule has 0 heterocycles. The van der Waals surface area contributed by atoms with Crippen LogP contribution >= 0.6 is 0 Å². The summed E-state index contributed by atoms with van der Waals surface area (Å²) in [6.45, 7) is 18.4. The average molecular weight is 630 g/mol. The first-order valence-electron chi connectivity index (χ1n) is 20.9. The minimum absolute atomic E-state index is 1.11. The number of hydrogen-bond acceptors (Lipinski definition) is 0. The third-order valence-corrected chi connectivity index (χ3v) is 8.63. The Hall–Kier alpha value is -0.520. The lowest BCUT2D eigenvalue weighted by molar-refractivity contribution is 0.609. The minimum atomic E-state index is 1.11. The van der Waals surface area contributed by atoms with Crippen LogP contribution in [0.4, 0.5) is 0 Å². The molecular formula is C45H89. The van der Waals surface area contributed by atoms with E-state index in [1.165, 1.54) is 205 Å². The van der Waals surface area contributed by atoms with E-state index >= 15 is 0 Å². The van der Waals surface area contributed by atoms with Crippen LogP contribution in [0.5, 0.6) is 0 Å². The van der Waals surface area contributed by atoms with Crippen molar-refractivity contribution in [3.63, 3.8) is 0 Å². The number of rotatable bonds is 34. The van der Waals surface area contributed by atoms with Crippen LogP contribution in [-0.4, -0.2) is 0 Å². The fourth-order valence-corrected chi connectivity index (χ4v) is 5.45. The predicted octanol–water partition coefficient (Wildman–Crippen LogP) is 17.3. The molecule has 0 aliphatic rings. The molecule has 0 rings (SSSR count). The van der Waals surface area contributed by atoms with Crippen molar-refractivity contribution in [2.75, 3.05) is 0 Å². The zero-order chi connectivity index (χ0) is 33.6. The van der Waals surface area contributed by atoms with Gasteiger partial charge in [-0.15, -0.1) is 0 Å². The molecule has 0 bridgehead atoms. The molecule has 45 heavy (non-hydrogen) atoms. The molecule has 0 aromatic heterocycles. The van der Waals surface area contributed by atoms with Gasteiger partial charge in [-0.05, 0) is 51.4 Å². The summed E-state index contributed by atoms with van der Waals surface area (Å²) in [7, 11) is 0. The van der Waals surface area contributed by atoms with Gasteiger partial charge in [0, 0.05) is 0 Å². The van der Waals surface area contributed by atoms with Gasteiger partial charge >= 0.3 is 0 Å². The maximum atomic E-state index is 3.87. The highest BCUT2D eigenvalue weighted by atomic mass is 14.0. The maximum Gasteiger partial charge on any atom is -0.0351 e. The highest BCUT2D eigenvalue weighted by Gasteiger charge is 1.91. The van der Waals surface area contributed by atoms with Gasteiger partial charge in [0.2, 0.25) is 0 Å². The number of allylic oxidation sites excluding steroid dienone is 4. The molecule has 0 nitrogen and oxygen atoms in total. The van der Waals surface area contributed by atoms with Crippen molar-refractivity contribution in [2.45, 2.75) is 245 Å². The van der Waals surface area contributed by atoms with Crippen molar-refractivity contribution < 1.29 is 0 Å². The van der Waals surface area contributed by atoms with E-state index in [1.54, 1.807) is 0 Å². The summed E-state index contributed by atoms with van der Waals surface area (Å²) in [5.74, 6) is 0. The molecule has 0 saturated heterocycles. The smallest absolute Gasteiger partial charge is 0.0351 e. The molecule has 269 valence electrons. The van der Waals surface area contributed by atoms with E-state index in [-0.39, 0.29) is 0 Å². The summed E-state index contributed by atoms with van der Waals surface area (Å²) in [6, 6.07) is 0. The predicted molar refractivity (Wildman–Crippen MR) is 213 cm³/mol. The molecular weight excluding hydrogens is 540 g/mol. The summed E-state index contributed by atoms with van der Waals surface area (Å²) < 4.78 is 0. The topological polar surface area (TPSA) is 0 Å². The Morgan fingerprint density at radius 3 is 0.622 bits per heavy atom. The Bertz CT molecular complexity index is 406. The lowest BCUT2D eigenvalue weighted by Crippen LogP contribution is -1.79. The molecule has 0 aromatic carbocycles. The molecule has 0 saturated carbocycles. The van der Waals surface area contributed by atoms with E-state index in [0.29, 0.717) is 0 Å². The van der Waals surface area contributed by atoms with Crippen molar-refractivity contribution in [1.29, 1.82) is 0 Å². The summed E-state index contributed by atoms with van der Waals surface area (Å²) in [6.07, 6.45) is 57.1. The van der Waals surface area contributed by atoms with Gasteiger partial charge in [-0.2, -0.15) is 0 Å². The fraction of sp³-hybridized carbons (Fsp3) is 0.844. The van der Waals surface area contributed by atoms with Crippen molar-refractivity contribution >= 4 is 0 Å². The SMILES string of the molecule is [CH2]CCCCCCC/C=C\CCCCCCCC.[CH2]CCCCCCC/C=C\CCCCCCCC.[CH2]CCCCCCCC. The van der Waals surface area contributed by atoms with Crippen molar-refractivity contribution in [3.8, 4) is 0 Å². The average Bonchev–Trinajstić information content (AvgIpc) is 3.06. The van der Waals surface area contributed by atoms with E-state index in [1.807, 2.05) is 0 Å². The maximum absolute atomic E-state index is 3.87. The van der Waals surface area contributed by atoms with Crippen LogP contribution in [0.3, 0.4) is 0 Å². The Morgan fingerprint density at radius 1 is 0.244 bits per heavy atom. The van der Waals surface area contributed by atoms with E-state index in [9.17, 15) is 0 Å². The third-order valence-electron chi connectivity index (χ3n) is 8.63. The van der Waals surface area contributed by atoms with Gasteiger partial charge in [-0.1, -0.05) is 239 Å². The first-order chi connectivity index (χ1) is 22.2. The van der Waals surface area contributed by atoms with Crippen LogP contribution < -0.4 is 0 Å². The Balaban J connectivity index is -0.000000622. The van der Waals surface area contributed by atoms with Gasteiger partial charge in [0.05, 0.1) is 0 Å². The molecule has 0 aliphatic carbocycles. The summed E-state index contributed by atoms with van der Waals surface area (Å²) in [5.41, 5.74) is 0. The summed E-state index contributed by atoms with van der Waals surface area (Å²) >= 11 is 0. The molecule has 0 heteroatoms. The monoisotopic (exact) mass is 630 g/mol. The summed E-state index contributed by atoms with van der Waals surface area (Å²) in [5, 5.41) is 0. The molecule has 3 radical (unpaired) electrons. The van der Waals surface area contributed by atoms with E-state index < -0.39 is 0 Å². The molecule has 0 atom stereocenters. The molecule has 0 aliphatic heterocycles. The van der Waals surface area contributed by atoms with Gasteiger partial charge < -0.3 is 0 Å². The second-order valence-electron chi connectivity index (χ2n) is 13.5. The first kappa shape index (κ1) is 48.9. The Labute approximate surface area is 289 Å². The van der Waals surface area contributed by atoms with E-state index in [0.717, 1.165) is 19.3 Å². The van der Waals surface area contributed by atoms with Crippen LogP contribution in [0.15, 0.2) is 24.3 Å². The normalized spacial score (nSPS) is 11.2. The van der Waals surface area contributed by atoms with Crippen LogP contribution in [-0.2, 0) is 0 Å². The number of hydrogen-bond donors (Lipinski definition) is 0. The van der Waals surface area contributed by atoms with Crippen molar-refractivity contribution in [1.82, 2.24) is 0 Å². The fourth-order valence-electron chi connectivity index (χ4n) is 5.45. The lowest BCUT2D eigenvalue weighted by atomic mass is 10.1. The van der Waals surface area contributed by atoms with Gasteiger partial charge in [-0.3, -0.25) is 0 Å². The Morgan fingerprint density at radius 2 is 0.422 bits per heavy atom. The van der Waals surface area contributed by atoms with E-state index in [2.05, 4.69) is 65.8 Å². The lowest BCUT2D eigenvalue weighted by Gasteiger charge is -1.98. The highest BCUT2D eigenvalue weighted by Crippen LogP contribution is 2.11. The van der Waals surface area contributed by atoms with Gasteiger partial charge in [-0.25, -0.2) is 0 Å². The molecule has 0 amide bonds. The van der Waals surface area contributed by atoms with Crippen LogP contribution in [0.1, 0.15) is 245 Å². The first-order valence-corrected chi connectivity index (χ1v) is 20.9. The van der Waals surface area contributed by atoms with Crippen LogP contribution in [0, 0.1) is 20.8 Å². The molecule has 0 unspecified atom stereocenters. The van der Waals surface area contributed by atoms with Crippen LogP contribution in [0.2, 0.25) is 0 Å².